The summed E-state index contributed by atoms with van der Waals surface area (Å²) in [7, 11) is 0. The molecule has 7 N–H and O–H groups in total. The fourth-order valence-corrected chi connectivity index (χ4v) is 1.92. The number of benzene rings is 1. The molecule has 15 heteroatoms. The van der Waals surface area contributed by atoms with Crippen LogP contribution in [0.5, 0.6) is 5.75 Å². The minimum atomic E-state index is -5.19. The molecule has 12 nitrogen and oxygen atoms in total. The molecule has 174 valence electrons. The van der Waals surface area contributed by atoms with Crippen LogP contribution in [0, 0.1) is 10.1 Å². The van der Waals surface area contributed by atoms with Gasteiger partial charge in [0.2, 0.25) is 5.91 Å². The molecule has 0 aliphatic carbocycles. The van der Waals surface area contributed by atoms with E-state index < -0.39 is 23.2 Å². The first kappa shape index (κ1) is 27.4. The lowest BCUT2D eigenvalue weighted by molar-refractivity contribution is -0.485. The summed E-state index contributed by atoms with van der Waals surface area (Å²) in [4.78, 5) is 30.7. The third-order valence-electron chi connectivity index (χ3n) is 3.40. The van der Waals surface area contributed by atoms with Gasteiger partial charge in [0.25, 0.3) is 5.96 Å². The van der Waals surface area contributed by atoms with Crippen molar-refractivity contribution in [3.8, 4) is 5.75 Å². The van der Waals surface area contributed by atoms with Crippen molar-refractivity contribution in [2.75, 3.05) is 13.1 Å². The van der Waals surface area contributed by atoms with E-state index in [1.807, 2.05) is 0 Å². The molecule has 0 aliphatic heterocycles. The Morgan fingerprint density at radius 2 is 1.74 bits per heavy atom. The van der Waals surface area contributed by atoms with E-state index >= 15 is 0 Å². The molecular formula is C16H22F3N6O6-. The number of nitro groups is 1. The number of phenolic OH excluding ortho intramolecular Hbond substituents is 1. The number of carbonyl (C=O) groups is 2. The summed E-state index contributed by atoms with van der Waals surface area (Å²) in [5, 5.41) is 35.3. The molecule has 1 rings (SSSR count). The summed E-state index contributed by atoms with van der Waals surface area (Å²) in [6, 6.07) is 6.07. The molecule has 0 aliphatic rings. The highest BCUT2D eigenvalue weighted by molar-refractivity contribution is 5.81. The van der Waals surface area contributed by atoms with E-state index in [0.29, 0.717) is 32.4 Å². The van der Waals surface area contributed by atoms with Gasteiger partial charge in [-0.15, -0.1) is 0 Å². The summed E-state index contributed by atoms with van der Waals surface area (Å²) in [6.45, 7) is 0.773. The standard InChI is InChI=1S/C14H22N6O4.C2HF3O2/c15-12(2-1-8-18-14(16)19-20(23)24)13(22)17-9-7-10-3-5-11(21)6-4-10;3-2(4,5)1(6)7/h3-6,12,21H,1-2,7-9,15H2,(H,17,22)(H3,16,18,19);(H,6,7)/p-1/t12-;/m1./s1. The number of hydrogen-bond acceptors (Lipinski definition) is 7. The molecule has 0 saturated carbocycles. The van der Waals surface area contributed by atoms with Gasteiger partial charge in [-0.05, 0) is 37.0 Å². The number of aromatic hydroxyl groups is 1. The van der Waals surface area contributed by atoms with E-state index in [0.717, 1.165) is 5.56 Å². The Balaban J connectivity index is 0.00000110. The first-order valence-electron chi connectivity index (χ1n) is 8.64. The first-order chi connectivity index (χ1) is 14.3. The molecular weight excluding hydrogens is 429 g/mol. The van der Waals surface area contributed by atoms with E-state index in [9.17, 15) is 33.2 Å². The Bertz CT molecular complexity index is 757. The molecule has 0 heterocycles. The second-order valence-corrected chi connectivity index (χ2v) is 5.89. The highest BCUT2D eigenvalue weighted by atomic mass is 19.4. The molecule has 1 aromatic carbocycles. The number of halogens is 3. The lowest BCUT2D eigenvalue weighted by Crippen LogP contribution is -2.42. The van der Waals surface area contributed by atoms with Gasteiger partial charge in [0.05, 0.1) is 6.04 Å². The zero-order valence-electron chi connectivity index (χ0n) is 16.1. The van der Waals surface area contributed by atoms with Gasteiger partial charge in [0.1, 0.15) is 16.8 Å². The van der Waals surface area contributed by atoms with Gasteiger partial charge in [-0.1, -0.05) is 12.1 Å². The van der Waals surface area contributed by atoms with Gasteiger partial charge < -0.3 is 37.1 Å². The summed E-state index contributed by atoms with van der Waals surface area (Å²) < 4.78 is 31.5. The highest BCUT2D eigenvalue weighted by Gasteiger charge is 2.28. The topological polar surface area (TPSA) is 209 Å². The summed E-state index contributed by atoms with van der Waals surface area (Å²) in [5.41, 5.74) is 12.0. The molecule has 0 unspecified atom stereocenters. The van der Waals surface area contributed by atoms with Crippen LogP contribution in [-0.2, 0) is 16.0 Å². The van der Waals surface area contributed by atoms with E-state index in [1.54, 1.807) is 24.3 Å². The minimum absolute atomic E-state index is 0.197. The molecule has 1 atom stereocenters. The van der Waals surface area contributed by atoms with Crippen LogP contribution in [0.15, 0.2) is 29.4 Å². The minimum Gasteiger partial charge on any atom is -0.542 e. The molecule has 0 spiro atoms. The van der Waals surface area contributed by atoms with E-state index in [-0.39, 0.29) is 17.6 Å². The van der Waals surface area contributed by atoms with Gasteiger partial charge in [0.15, 0.2) is 5.03 Å². The average Bonchev–Trinajstić information content (AvgIpc) is 2.65. The zero-order valence-corrected chi connectivity index (χ0v) is 16.1. The van der Waals surface area contributed by atoms with E-state index in [4.69, 9.17) is 21.4 Å². The van der Waals surface area contributed by atoms with Crippen LogP contribution in [0.3, 0.4) is 0 Å². The number of carboxylic acid groups (broad SMARTS) is 1. The van der Waals surface area contributed by atoms with Crippen LogP contribution >= 0.6 is 0 Å². The number of guanidine groups is 1. The van der Waals surface area contributed by atoms with E-state index in [2.05, 4.69) is 15.7 Å². The number of nitrogens with one attached hydrogen (secondary N) is 2. The normalized spacial score (nSPS) is 12.2. The molecule has 1 aromatic rings. The molecule has 0 aromatic heterocycles. The summed E-state index contributed by atoms with van der Waals surface area (Å²) >= 11 is 0. The van der Waals surface area contributed by atoms with Crippen LogP contribution in [0.1, 0.15) is 18.4 Å². The van der Waals surface area contributed by atoms with Crippen molar-refractivity contribution in [3.63, 3.8) is 0 Å². The second kappa shape index (κ2) is 13.6. The van der Waals surface area contributed by atoms with Crippen LogP contribution in [0.25, 0.3) is 0 Å². The van der Waals surface area contributed by atoms with Crippen LogP contribution < -0.4 is 27.2 Å². The van der Waals surface area contributed by atoms with Crippen molar-refractivity contribution < 1.29 is 38.0 Å². The molecule has 0 fully saturated rings. The number of carboxylic acids is 1. The maximum atomic E-state index is 11.8. The Morgan fingerprint density at radius 1 is 1.19 bits per heavy atom. The van der Waals surface area contributed by atoms with Crippen molar-refractivity contribution in [1.82, 2.24) is 10.6 Å². The number of phenols is 1. The van der Waals surface area contributed by atoms with Gasteiger partial charge in [-0.25, -0.2) is 10.1 Å². The van der Waals surface area contributed by atoms with Crippen LogP contribution in [-0.4, -0.2) is 53.3 Å². The molecule has 31 heavy (non-hydrogen) atoms. The number of carbonyl (C=O) groups excluding carboxylic acids is 2. The smallest absolute Gasteiger partial charge is 0.430 e. The quantitative estimate of drug-likeness (QED) is 0.0976. The zero-order chi connectivity index (χ0) is 24.0. The van der Waals surface area contributed by atoms with Crippen LogP contribution in [0.2, 0.25) is 0 Å². The molecule has 1 amide bonds. The first-order valence-corrected chi connectivity index (χ1v) is 8.64. The number of alkyl halides is 3. The Labute approximate surface area is 174 Å². The fourth-order valence-electron chi connectivity index (χ4n) is 1.92. The van der Waals surface area contributed by atoms with Gasteiger partial charge >= 0.3 is 6.18 Å². The second-order valence-electron chi connectivity index (χ2n) is 5.89. The Morgan fingerprint density at radius 3 is 2.23 bits per heavy atom. The fraction of sp³-hybridized carbons (Fsp3) is 0.438. The van der Waals surface area contributed by atoms with E-state index in [1.165, 1.54) is 0 Å². The molecule has 0 saturated heterocycles. The predicted molar refractivity (Wildman–Crippen MR) is 99.7 cm³/mol. The molecule has 0 bridgehead atoms. The number of nitrogens with two attached hydrogens (primary N) is 2. The number of aliphatic carboxylic acids is 1. The van der Waals surface area contributed by atoms with Gasteiger partial charge in [0, 0.05) is 13.1 Å². The summed E-state index contributed by atoms with van der Waals surface area (Å²) in [6.07, 6.45) is -3.64. The SMILES string of the molecule is NC(=N[N+](=O)[O-])NCCC[C@@H](N)C(=O)NCCc1ccc(O)cc1.O=C([O-])C(F)(F)F. The Hall–Kier alpha value is -3.62. The number of amides is 1. The number of nitrogens with zero attached hydrogens (tertiary/aromatic N) is 2. The van der Waals surface area contributed by atoms with Gasteiger partial charge in [-0.2, -0.15) is 13.2 Å². The maximum Gasteiger partial charge on any atom is 0.430 e. The number of hydrogen-bond donors (Lipinski definition) is 5. The average molecular weight is 451 g/mol. The largest absolute Gasteiger partial charge is 0.542 e. The monoisotopic (exact) mass is 451 g/mol. The third kappa shape index (κ3) is 14.1. The lowest BCUT2D eigenvalue weighted by Gasteiger charge is -2.12. The van der Waals surface area contributed by atoms with Gasteiger partial charge in [-0.3, -0.25) is 4.79 Å². The van der Waals surface area contributed by atoms with Crippen molar-refractivity contribution in [3.05, 3.63) is 39.9 Å². The number of rotatable bonds is 9. The summed E-state index contributed by atoms with van der Waals surface area (Å²) in [5.74, 6) is -3.36. The van der Waals surface area contributed by atoms with Crippen molar-refractivity contribution in [2.45, 2.75) is 31.5 Å². The lowest BCUT2D eigenvalue weighted by atomic mass is 10.1. The Kier molecular flexibility index (Phi) is 12.0. The van der Waals surface area contributed by atoms with Crippen LogP contribution in [0.4, 0.5) is 13.2 Å². The highest BCUT2D eigenvalue weighted by Crippen LogP contribution is 2.11. The molecule has 0 radical (unpaired) electrons. The van der Waals surface area contributed by atoms with Crippen molar-refractivity contribution in [2.24, 2.45) is 16.6 Å². The predicted octanol–water partition coefficient (Wildman–Crippen LogP) is -1.45. The van der Waals surface area contributed by atoms with Crippen molar-refractivity contribution in [1.29, 1.82) is 0 Å². The number of hydrazone groups is 1. The van der Waals surface area contributed by atoms with Crippen molar-refractivity contribution >= 4 is 17.8 Å². The maximum absolute atomic E-state index is 11.8. The third-order valence-corrected chi connectivity index (χ3v) is 3.40.